The van der Waals surface area contributed by atoms with Crippen LogP contribution in [0.1, 0.15) is 10.4 Å². The van der Waals surface area contributed by atoms with E-state index < -0.39 is 22.1 Å². The normalized spacial score (nSPS) is 13.0. The zero-order valence-corrected chi connectivity index (χ0v) is 12.5. The van der Waals surface area contributed by atoms with Crippen molar-refractivity contribution in [2.75, 3.05) is 33.1 Å². The molecule has 0 saturated carbocycles. The second kappa shape index (κ2) is 7.36. The molecule has 1 rings (SSSR count). The number of carboxylic acids is 1. The Labute approximate surface area is 122 Å². The summed E-state index contributed by atoms with van der Waals surface area (Å²) in [4.78, 5) is 10.6. The van der Waals surface area contributed by atoms with Crippen molar-refractivity contribution in [1.29, 1.82) is 0 Å². The zero-order valence-electron chi connectivity index (χ0n) is 11.7. The predicted octanol–water partition coefficient (Wildman–Crippen LogP) is -0.0933. The van der Waals surface area contributed by atoms with Crippen LogP contribution in [0, 0.1) is 0 Å². The van der Waals surface area contributed by atoms with Crippen molar-refractivity contribution in [1.82, 2.24) is 4.72 Å². The quantitative estimate of drug-likeness (QED) is 0.571. The molecular weight excluding hydrogens is 300 g/mol. The van der Waals surface area contributed by atoms with Gasteiger partial charge in [0.15, 0.2) is 0 Å². The van der Waals surface area contributed by atoms with E-state index in [0.29, 0.717) is 0 Å². The summed E-state index contributed by atoms with van der Waals surface area (Å²) in [6.45, 7) is 0.235. The van der Waals surface area contributed by atoms with Gasteiger partial charge >= 0.3 is 5.97 Å². The Kier molecular flexibility index (Phi) is 6.09. The molecular formula is C12H18N2O6S. The number of carboxylic acid groups (broad SMARTS) is 1. The molecule has 0 amide bonds. The number of methoxy groups -OCH3 is 2. The molecule has 1 aromatic rings. The fraction of sp³-hybridized carbons (Fsp3) is 0.417. The molecule has 118 valence electrons. The minimum atomic E-state index is -3.86. The number of benzene rings is 1. The van der Waals surface area contributed by atoms with Crippen LogP contribution >= 0.6 is 0 Å². The van der Waals surface area contributed by atoms with Crippen LogP contribution in [0.15, 0.2) is 23.1 Å². The molecule has 8 nitrogen and oxygen atoms in total. The van der Waals surface area contributed by atoms with Crippen LogP contribution in [0.25, 0.3) is 0 Å². The van der Waals surface area contributed by atoms with E-state index in [1.807, 2.05) is 0 Å². The summed E-state index contributed by atoms with van der Waals surface area (Å²) in [6, 6.07) is 3.43. The molecule has 4 N–H and O–H groups in total. The molecule has 0 radical (unpaired) electrons. The van der Waals surface area contributed by atoms with Crippen LogP contribution in [-0.4, -0.2) is 53.0 Å². The lowest BCUT2D eigenvalue weighted by molar-refractivity contribution is 0.0320. The Hall–Kier alpha value is -1.68. The van der Waals surface area contributed by atoms with Crippen LogP contribution in [0.4, 0.5) is 5.69 Å². The predicted molar refractivity (Wildman–Crippen MR) is 75.7 cm³/mol. The Morgan fingerprint density at radius 3 is 2.57 bits per heavy atom. The first-order valence-corrected chi connectivity index (χ1v) is 7.44. The number of anilines is 1. The van der Waals surface area contributed by atoms with Gasteiger partial charge in [0.25, 0.3) is 0 Å². The highest BCUT2D eigenvalue weighted by Gasteiger charge is 2.20. The van der Waals surface area contributed by atoms with Crippen molar-refractivity contribution in [2.45, 2.75) is 11.0 Å². The van der Waals surface area contributed by atoms with E-state index in [1.165, 1.54) is 20.3 Å². The molecule has 9 heteroatoms. The van der Waals surface area contributed by atoms with Crippen molar-refractivity contribution in [3.8, 4) is 0 Å². The molecule has 0 spiro atoms. The third kappa shape index (κ3) is 4.67. The molecule has 0 aliphatic rings. The molecule has 0 fully saturated rings. The van der Waals surface area contributed by atoms with Crippen LogP contribution in [0.3, 0.4) is 0 Å². The van der Waals surface area contributed by atoms with Crippen LogP contribution in [0.2, 0.25) is 0 Å². The van der Waals surface area contributed by atoms with Crippen molar-refractivity contribution in [3.05, 3.63) is 23.8 Å². The first kappa shape index (κ1) is 17.4. The van der Waals surface area contributed by atoms with Crippen LogP contribution in [0.5, 0.6) is 0 Å². The lowest BCUT2D eigenvalue weighted by Crippen LogP contribution is -2.35. The maximum Gasteiger partial charge on any atom is 0.335 e. The second-order valence-electron chi connectivity index (χ2n) is 4.22. The van der Waals surface area contributed by atoms with E-state index in [9.17, 15) is 13.2 Å². The molecule has 0 bridgehead atoms. The second-order valence-corrected chi connectivity index (χ2v) is 5.96. The number of hydrogen-bond acceptors (Lipinski definition) is 6. The van der Waals surface area contributed by atoms with Gasteiger partial charge in [-0.25, -0.2) is 17.9 Å². The molecule has 0 aliphatic heterocycles. The van der Waals surface area contributed by atoms with Crippen molar-refractivity contribution in [3.63, 3.8) is 0 Å². The summed E-state index contributed by atoms with van der Waals surface area (Å²) in [5.41, 5.74) is 5.39. The van der Waals surface area contributed by atoms with Gasteiger partial charge in [-0.3, -0.25) is 0 Å². The SMILES string of the molecule is COCC(CNS(=O)(=O)c1ccc(C(=O)O)cc1N)OC. The number of ether oxygens (including phenoxy) is 2. The summed E-state index contributed by atoms with van der Waals surface area (Å²) in [5, 5.41) is 8.82. The number of nitrogen functional groups attached to an aromatic ring is 1. The van der Waals surface area contributed by atoms with E-state index in [0.717, 1.165) is 12.1 Å². The highest BCUT2D eigenvalue weighted by molar-refractivity contribution is 7.89. The average Bonchev–Trinajstić information content (AvgIpc) is 2.42. The Morgan fingerprint density at radius 1 is 1.43 bits per heavy atom. The topological polar surface area (TPSA) is 128 Å². The molecule has 1 unspecified atom stereocenters. The molecule has 1 aromatic carbocycles. The molecule has 21 heavy (non-hydrogen) atoms. The van der Waals surface area contributed by atoms with Gasteiger partial charge in [0.05, 0.1) is 24.0 Å². The first-order valence-electron chi connectivity index (χ1n) is 5.96. The van der Waals surface area contributed by atoms with Crippen LogP contribution in [-0.2, 0) is 19.5 Å². The van der Waals surface area contributed by atoms with Crippen molar-refractivity contribution >= 4 is 21.7 Å². The monoisotopic (exact) mass is 318 g/mol. The fourth-order valence-electron chi connectivity index (χ4n) is 1.60. The van der Waals surface area contributed by atoms with Crippen molar-refractivity contribution < 1.29 is 27.8 Å². The smallest absolute Gasteiger partial charge is 0.335 e. The highest BCUT2D eigenvalue weighted by Crippen LogP contribution is 2.19. The van der Waals surface area contributed by atoms with E-state index in [-0.39, 0.29) is 29.3 Å². The summed E-state index contributed by atoms with van der Waals surface area (Å²) in [6.07, 6.45) is -0.440. The number of carbonyl (C=O) groups is 1. The van der Waals surface area contributed by atoms with Gasteiger partial charge < -0.3 is 20.3 Å². The molecule has 0 heterocycles. The highest BCUT2D eigenvalue weighted by atomic mass is 32.2. The minimum absolute atomic E-state index is 0.00674. The summed E-state index contributed by atoms with van der Waals surface area (Å²) < 4.78 is 36.5. The van der Waals surface area contributed by atoms with Gasteiger partial charge in [0.1, 0.15) is 4.90 Å². The average molecular weight is 318 g/mol. The number of sulfonamides is 1. The van der Waals surface area contributed by atoms with Gasteiger partial charge in [-0.05, 0) is 18.2 Å². The summed E-state index contributed by atoms with van der Waals surface area (Å²) in [5.74, 6) is -1.18. The Bertz CT molecular complexity index is 602. The van der Waals surface area contributed by atoms with E-state index >= 15 is 0 Å². The van der Waals surface area contributed by atoms with Crippen LogP contribution < -0.4 is 10.5 Å². The molecule has 1 atom stereocenters. The van der Waals surface area contributed by atoms with E-state index in [1.54, 1.807) is 0 Å². The molecule has 0 aromatic heterocycles. The minimum Gasteiger partial charge on any atom is -0.478 e. The lowest BCUT2D eigenvalue weighted by atomic mass is 10.2. The van der Waals surface area contributed by atoms with Gasteiger partial charge in [-0.2, -0.15) is 0 Å². The van der Waals surface area contributed by atoms with E-state index in [4.69, 9.17) is 20.3 Å². The van der Waals surface area contributed by atoms with Gasteiger partial charge in [0, 0.05) is 20.8 Å². The third-order valence-electron chi connectivity index (χ3n) is 2.73. The maximum absolute atomic E-state index is 12.1. The fourth-order valence-corrected chi connectivity index (χ4v) is 2.78. The summed E-state index contributed by atoms with van der Waals surface area (Å²) in [7, 11) is -0.947. The number of nitrogens with one attached hydrogen (secondary N) is 1. The van der Waals surface area contributed by atoms with E-state index in [2.05, 4.69) is 4.72 Å². The zero-order chi connectivity index (χ0) is 16.0. The van der Waals surface area contributed by atoms with Crippen molar-refractivity contribution in [2.24, 2.45) is 0 Å². The van der Waals surface area contributed by atoms with Gasteiger partial charge in [0.2, 0.25) is 10.0 Å². The van der Waals surface area contributed by atoms with Gasteiger partial charge in [-0.1, -0.05) is 0 Å². The number of aromatic carboxylic acids is 1. The number of rotatable bonds is 8. The van der Waals surface area contributed by atoms with Gasteiger partial charge in [-0.15, -0.1) is 0 Å². The Balaban J connectivity index is 2.90. The lowest BCUT2D eigenvalue weighted by Gasteiger charge is -2.16. The molecule has 0 aliphatic carbocycles. The Morgan fingerprint density at radius 2 is 2.10 bits per heavy atom. The number of nitrogens with two attached hydrogens (primary N) is 1. The molecule has 0 saturated heterocycles. The maximum atomic E-state index is 12.1. The third-order valence-corrected chi connectivity index (χ3v) is 4.23. The first-order chi connectivity index (χ1) is 9.81. The number of hydrogen-bond donors (Lipinski definition) is 3. The standard InChI is InChI=1S/C12H18N2O6S/c1-19-7-9(20-2)6-14-21(17,18)11-4-3-8(12(15)16)5-10(11)13/h3-5,9,14H,6-7,13H2,1-2H3,(H,15,16). The summed E-state index contributed by atoms with van der Waals surface area (Å²) >= 11 is 0. The largest absolute Gasteiger partial charge is 0.478 e.